The molecule has 0 bridgehead atoms. The lowest BCUT2D eigenvalue weighted by atomic mass is 9.96. The van der Waals surface area contributed by atoms with E-state index in [1.165, 1.54) is 6.07 Å². The highest BCUT2D eigenvalue weighted by Crippen LogP contribution is 2.46. The molecule has 0 atom stereocenters. The summed E-state index contributed by atoms with van der Waals surface area (Å²) < 4.78 is 50.0. The standard InChI is InChI=1S/C65H38F3N7/c66-65(67,68)51-35-54(59-38-58(47-17-9-3-10-18-47)71-63(74-59)48-19-11-4-12-20-48)62(55(36-51)64-72-56(45-13-5-1-6-14-45)37-57(73-64)46-15-7-2-8-16-46)75-60-33-49(43-25-21-41(39-69)22-26-43)29-31-52(60)53-32-30-50(34-61(53)75)44-27-23-42(40-70)24-28-44/h1-38H. The Kier molecular flexibility index (Phi) is 11.6. The van der Waals surface area contributed by atoms with Crippen LogP contribution in [0.1, 0.15) is 16.7 Å². The molecule has 0 unspecified atom stereocenters. The average Bonchev–Trinajstić information content (AvgIpc) is 3.81. The van der Waals surface area contributed by atoms with Crippen molar-refractivity contribution in [1.29, 1.82) is 10.5 Å². The SMILES string of the molecule is N#Cc1ccc(-c2ccc3c4ccc(-c5ccc(C#N)cc5)cc4n(-c4c(-c5cc(-c6ccccc6)nc(-c6ccccc6)n5)cc(C(F)(F)F)cc4-c4nc(-c5ccccc5)cc(-c5ccccc5)n4)c3c2)cc1. The van der Waals surface area contributed by atoms with Gasteiger partial charge in [-0.15, -0.1) is 0 Å². The van der Waals surface area contributed by atoms with Crippen LogP contribution in [0.25, 0.3) is 118 Å². The van der Waals surface area contributed by atoms with Gasteiger partial charge in [0.2, 0.25) is 0 Å². The third-order valence-electron chi connectivity index (χ3n) is 13.3. The minimum Gasteiger partial charge on any atom is -0.308 e. The van der Waals surface area contributed by atoms with Crippen LogP contribution < -0.4 is 0 Å². The molecule has 0 aliphatic carbocycles. The second kappa shape index (κ2) is 19.0. The van der Waals surface area contributed by atoms with Crippen molar-refractivity contribution in [2.75, 3.05) is 0 Å². The maximum absolute atomic E-state index is 16.0. The van der Waals surface area contributed by atoms with E-state index in [-0.39, 0.29) is 22.6 Å². The minimum atomic E-state index is -4.84. The molecule has 0 amide bonds. The first-order chi connectivity index (χ1) is 36.7. The molecule has 12 aromatic rings. The van der Waals surface area contributed by atoms with Crippen molar-refractivity contribution in [2.45, 2.75) is 6.18 Å². The number of hydrogen-bond acceptors (Lipinski definition) is 6. The van der Waals surface area contributed by atoms with Crippen molar-refractivity contribution >= 4 is 21.8 Å². The van der Waals surface area contributed by atoms with Crippen LogP contribution in [0, 0.1) is 22.7 Å². The number of nitrogens with zero attached hydrogens (tertiary/aromatic N) is 7. The number of benzene rings is 9. The second-order valence-corrected chi connectivity index (χ2v) is 18.0. The van der Waals surface area contributed by atoms with Crippen LogP contribution in [0.15, 0.2) is 231 Å². The highest BCUT2D eigenvalue weighted by molar-refractivity contribution is 6.12. The molecule has 0 aliphatic rings. The molecule has 0 N–H and O–H groups in total. The monoisotopic (exact) mass is 973 g/mol. The van der Waals surface area contributed by atoms with Gasteiger partial charge in [0.15, 0.2) is 11.6 Å². The number of rotatable bonds is 9. The van der Waals surface area contributed by atoms with Crippen LogP contribution in [-0.2, 0) is 6.18 Å². The summed E-state index contributed by atoms with van der Waals surface area (Å²) in [6, 6.07) is 75.0. The van der Waals surface area contributed by atoms with Crippen LogP contribution in [0.2, 0.25) is 0 Å². The number of nitriles is 2. The summed E-state index contributed by atoms with van der Waals surface area (Å²) in [6.07, 6.45) is -4.84. The Morgan fingerprint density at radius 1 is 0.347 bits per heavy atom. The summed E-state index contributed by atoms with van der Waals surface area (Å²) in [4.78, 5) is 20.6. The van der Waals surface area contributed by atoms with Gasteiger partial charge in [-0.05, 0) is 82.9 Å². The molecule has 0 saturated heterocycles. The normalized spacial score (nSPS) is 11.4. The Labute approximate surface area is 429 Å². The molecule has 354 valence electrons. The molecule has 0 radical (unpaired) electrons. The molecule has 10 heteroatoms. The first-order valence-electron chi connectivity index (χ1n) is 24.0. The van der Waals surface area contributed by atoms with Gasteiger partial charge in [-0.25, -0.2) is 19.9 Å². The van der Waals surface area contributed by atoms with E-state index in [1.807, 2.05) is 193 Å². The smallest absolute Gasteiger partial charge is 0.308 e. The minimum absolute atomic E-state index is 0.0553. The van der Waals surface area contributed by atoms with Crippen LogP contribution in [0.5, 0.6) is 0 Å². The van der Waals surface area contributed by atoms with Gasteiger partial charge >= 0.3 is 6.18 Å². The molecule has 0 fully saturated rings. The zero-order chi connectivity index (χ0) is 51.0. The van der Waals surface area contributed by atoms with Crippen molar-refractivity contribution in [1.82, 2.24) is 24.5 Å². The largest absolute Gasteiger partial charge is 0.416 e. The molecule has 0 saturated carbocycles. The van der Waals surface area contributed by atoms with Gasteiger partial charge in [-0.2, -0.15) is 23.7 Å². The predicted octanol–water partition coefficient (Wildman–Crippen LogP) is 16.5. The quantitative estimate of drug-likeness (QED) is 0.143. The lowest BCUT2D eigenvalue weighted by Crippen LogP contribution is -2.11. The van der Waals surface area contributed by atoms with Crippen molar-refractivity contribution < 1.29 is 13.2 Å². The Morgan fingerprint density at radius 3 is 1.15 bits per heavy atom. The maximum Gasteiger partial charge on any atom is 0.416 e. The van der Waals surface area contributed by atoms with Gasteiger partial charge in [-0.3, -0.25) is 0 Å². The van der Waals surface area contributed by atoms with Crippen molar-refractivity contribution in [3.8, 4) is 108 Å². The van der Waals surface area contributed by atoms with E-state index in [4.69, 9.17) is 19.9 Å². The fraction of sp³-hybridized carbons (Fsp3) is 0.0154. The Morgan fingerprint density at radius 2 is 0.720 bits per heavy atom. The molecule has 9 aromatic carbocycles. The Bertz CT molecular complexity index is 3820. The van der Waals surface area contributed by atoms with E-state index >= 15 is 13.2 Å². The zero-order valence-corrected chi connectivity index (χ0v) is 39.7. The first kappa shape index (κ1) is 45.8. The third-order valence-corrected chi connectivity index (χ3v) is 13.3. The Balaban J connectivity index is 1.27. The molecule has 75 heavy (non-hydrogen) atoms. The van der Waals surface area contributed by atoms with Gasteiger partial charge in [0.05, 0.1) is 68.3 Å². The molecular formula is C65H38F3N7. The molecule has 0 spiro atoms. The van der Waals surface area contributed by atoms with Gasteiger partial charge in [0.1, 0.15) is 0 Å². The summed E-state index contributed by atoms with van der Waals surface area (Å²) in [5.41, 5.74) is 10.00. The fourth-order valence-electron chi connectivity index (χ4n) is 9.64. The van der Waals surface area contributed by atoms with Crippen LogP contribution in [-0.4, -0.2) is 24.5 Å². The number of aromatic nitrogens is 5. The van der Waals surface area contributed by atoms with E-state index in [0.29, 0.717) is 56.3 Å². The fourth-order valence-corrected chi connectivity index (χ4v) is 9.64. The molecule has 0 aliphatic heterocycles. The van der Waals surface area contributed by atoms with Crippen LogP contribution >= 0.6 is 0 Å². The van der Waals surface area contributed by atoms with E-state index in [2.05, 4.69) is 12.1 Å². The number of halogens is 3. The highest BCUT2D eigenvalue weighted by Gasteiger charge is 2.35. The lowest BCUT2D eigenvalue weighted by molar-refractivity contribution is -0.137. The van der Waals surface area contributed by atoms with E-state index in [1.54, 1.807) is 30.3 Å². The Hall–Kier alpha value is -10.3. The van der Waals surface area contributed by atoms with E-state index < -0.39 is 11.7 Å². The van der Waals surface area contributed by atoms with Gasteiger partial charge in [0.25, 0.3) is 0 Å². The van der Waals surface area contributed by atoms with E-state index in [9.17, 15) is 10.5 Å². The van der Waals surface area contributed by atoms with Gasteiger partial charge in [-0.1, -0.05) is 170 Å². The lowest BCUT2D eigenvalue weighted by Gasteiger charge is -2.22. The zero-order valence-electron chi connectivity index (χ0n) is 39.7. The van der Waals surface area contributed by atoms with Gasteiger partial charge in [0, 0.05) is 44.2 Å². The highest BCUT2D eigenvalue weighted by atomic mass is 19.4. The second-order valence-electron chi connectivity index (χ2n) is 18.0. The van der Waals surface area contributed by atoms with E-state index in [0.717, 1.165) is 55.8 Å². The maximum atomic E-state index is 16.0. The molecular weight excluding hydrogens is 936 g/mol. The summed E-state index contributed by atoms with van der Waals surface area (Å²) in [5.74, 6) is 0.374. The van der Waals surface area contributed by atoms with Crippen molar-refractivity contribution in [3.05, 3.63) is 247 Å². The number of hydrogen-bond donors (Lipinski definition) is 0. The van der Waals surface area contributed by atoms with Crippen LogP contribution in [0.3, 0.4) is 0 Å². The summed E-state index contributed by atoms with van der Waals surface area (Å²) in [7, 11) is 0. The number of alkyl halides is 3. The van der Waals surface area contributed by atoms with Crippen LogP contribution in [0.4, 0.5) is 13.2 Å². The third kappa shape index (κ3) is 8.84. The summed E-state index contributed by atoms with van der Waals surface area (Å²) >= 11 is 0. The van der Waals surface area contributed by atoms with Crippen molar-refractivity contribution in [2.24, 2.45) is 0 Å². The molecule has 3 aromatic heterocycles. The molecule has 3 heterocycles. The first-order valence-corrected chi connectivity index (χ1v) is 24.0. The summed E-state index contributed by atoms with van der Waals surface area (Å²) in [5, 5.41) is 21.0. The predicted molar refractivity (Wildman–Crippen MR) is 290 cm³/mol. The summed E-state index contributed by atoms with van der Waals surface area (Å²) in [6.45, 7) is 0. The topological polar surface area (TPSA) is 104 Å². The number of fused-ring (bicyclic) bond motifs is 3. The average molecular weight is 974 g/mol. The van der Waals surface area contributed by atoms with Gasteiger partial charge < -0.3 is 4.57 Å². The van der Waals surface area contributed by atoms with Crippen molar-refractivity contribution in [3.63, 3.8) is 0 Å². The molecule has 7 nitrogen and oxygen atoms in total. The molecule has 12 rings (SSSR count).